The number of rotatable bonds is 4. The lowest BCUT2D eigenvalue weighted by Gasteiger charge is -2.15. The van der Waals surface area contributed by atoms with Crippen molar-refractivity contribution < 1.29 is 37.7 Å². The van der Waals surface area contributed by atoms with E-state index in [-0.39, 0.29) is 0 Å². The van der Waals surface area contributed by atoms with Crippen LogP contribution in [0, 0.1) is 0 Å². The van der Waals surface area contributed by atoms with Crippen LogP contribution in [-0.2, 0) is 36.8 Å². The molecule has 8 nitrogen and oxygen atoms in total. The Morgan fingerprint density at radius 2 is 1.08 bits per heavy atom. The summed E-state index contributed by atoms with van der Waals surface area (Å²) in [6.45, 7) is -8.86. The lowest BCUT2D eigenvalue weighted by molar-refractivity contribution is 0.249. The summed E-state index contributed by atoms with van der Waals surface area (Å²) >= 11 is 7.65. The highest BCUT2D eigenvalue weighted by molar-refractivity contribution is 8.09. The molecule has 0 aromatic rings. The van der Waals surface area contributed by atoms with Gasteiger partial charge in [0.15, 0.2) is 0 Å². The van der Waals surface area contributed by atoms with E-state index in [0.29, 0.717) is 0 Å². The molecule has 0 saturated carbocycles. The molecule has 0 spiro atoms. The van der Waals surface area contributed by atoms with Gasteiger partial charge < -0.3 is 24.5 Å². The molecular formula is H5O8P3S2. The predicted octanol–water partition coefficient (Wildman–Crippen LogP) is -0.462. The van der Waals surface area contributed by atoms with Crippen LogP contribution >= 0.6 is 21.3 Å². The molecule has 13 heteroatoms. The van der Waals surface area contributed by atoms with E-state index in [1.54, 1.807) is 0 Å². The maximum atomic E-state index is 10.6. The van der Waals surface area contributed by atoms with Crippen LogP contribution in [0.3, 0.4) is 0 Å². The third kappa shape index (κ3) is 9.55. The first kappa shape index (κ1) is 14.2. The third-order valence-corrected chi connectivity index (χ3v) is 4.97. The molecular weight excluding hydrogens is 285 g/mol. The minimum atomic E-state index is -5.05. The van der Waals surface area contributed by atoms with Crippen LogP contribution in [-0.4, -0.2) is 24.5 Å². The summed E-state index contributed by atoms with van der Waals surface area (Å²) in [5.74, 6) is 0. The van der Waals surface area contributed by atoms with E-state index < -0.39 is 21.3 Å². The minimum Gasteiger partial charge on any atom is -0.324 e. The average molecular weight is 290 g/mol. The molecule has 13 heavy (non-hydrogen) atoms. The highest BCUT2D eigenvalue weighted by atomic mass is 32.5. The maximum Gasteiger partial charge on any atom is 0.486 e. The lowest BCUT2D eigenvalue weighted by atomic mass is 15.7. The van der Waals surface area contributed by atoms with Crippen molar-refractivity contribution in [2.24, 2.45) is 0 Å². The third-order valence-electron chi connectivity index (χ3n) is 0.419. The van der Waals surface area contributed by atoms with Crippen molar-refractivity contribution in [3.05, 3.63) is 0 Å². The van der Waals surface area contributed by atoms with Crippen molar-refractivity contribution in [3.8, 4) is 0 Å². The zero-order valence-electron chi connectivity index (χ0n) is 5.62. The largest absolute Gasteiger partial charge is 0.486 e. The molecule has 0 rings (SSSR count). The second-order valence-electron chi connectivity index (χ2n) is 1.61. The monoisotopic (exact) mass is 290 g/mol. The van der Waals surface area contributed by atoms with E-state index in [1.807, 2.05) is 0 Å². The summed E-state index contributed by atoms with van der Waals surface area (Å²) in [7, 11) is -5.05. The Labute approximate surface area is 82.9 Å². The van der Waals surface area contributed by atoms with Crippen LogP contribution in [0.4, 0.5) is 0 Å². The molecule has 0 aliphatic carbocycles. The van der Waals surface area contributed by atoms with Crippen molar-refractivity contribution in [2.45, 2.75) is 0 Å². The molecule has 0 bridgehead atoms. The van der Waals surface area contributed by atoms with Crippen molar-refractivity contribution in [1.29, 1.82) is 0 Å². The Morgan fingerprint density at radius 1 is 0.846 bits per heavy atom. The fourth-order valence-corrected chi connectivity index (χ4v) is 4.34. The second-order valence-corrected chi connectivity index (χ2v) is 8.67. The summed E-state index contributed by atoms with van der Waals surface area (Å²) < 4.78 is 17.8. The van der Waals surface area contributed by atoms with Crippen molar-refractivity contribution in [3.63, 3.8) is 0 Å². The molecule has 0 atom stereocenters. The van der Waals surface area contributed by atoms with E-state index in [1.165, 1.54) is 0 Å². The van der Waals surface area contributed by atoms with Gasteiger partial charge in [-0.1, -0.05) is 0 Å². The fraction of sp³-hybridized carbons (Fsp3) is 0. The molecule has 0 radical (unpaired) electrons. The summed E-state index contributed by atoms with van der Waals surface area (Å²) in [6.07, 6.45) is 0. The molecule has 0 unspecified atom stereocenters. The van der Waals surface area contributed by atoms with Gasteiger partial charge in [-0.05, 0) is 23.6 Å². The standard InChI is InChI=1S/H5O8P3S2/c1-9(2,7-10(3,4)12)8-11(5,6)13/h(H,1,2)(H2,3,4,12)(H2,5,6,13). The van der Waals surface area contributed by atoms with Crippen LogP contribution in [0.25, 0.3) is 0 Å². The van der Waals surface area contributed by atoms with Gasteiger partial charge in [0.2, 0.25) is 0 Å². The predicted molar refractivity (Wildman–Crippen MR) is 49.4 cm³/mol. The Balaban J connectivity index is 4.54. The van der Waals surface area contributed by atoms with Gasteiger partial charge in [0.25, 0.3) is 0 Å². The Morgan fingerprint density at radius 3 is 1.23 bits per heavy atom. The summed E-state index contributed by atoms with van der Waals surface area (Å²) in [5, 5.41) is 0. The maximum absolute atomic E-state index is 10.6. The zero-order valence-corrected chi connectivity index (χ0v) is 9.94. The first-order chi connectivity index (χ1) is 5.41. The quantitative estimate of drug-likeness (QED) is 0.432. The van der Waals surface area contributed by atoms with Gasteiger partial charge in [-0.25, -0.2) is 13.2 Å². The van der Waals surface area contributed by atoms with Gasteiger partial charge in [-0.3, -0.25) is 0 Å². The summed E-state index contributed by atoms with van der Waals surface area (Å²) in [6, 6.07) is 0. The number of hydrogen-bond acceptors (Lipinski definition) is 5. The Bertz CT molecular complexity index is 279. The molecule has 0 aromatic heterocycles. The van der Waals surface area contributed by atoms with Crippen LogP contribution < -0.4 is 0 Å². The van der Waals surface area contributed by atoms with Crippen LogP contribution in [0.2, 0.25) is 0 Å². The van der Waals surface area contributed by atoms with E-state index >= 15 is 0 Å². The highest BCUT2D eigenvalue weighted by Crippen LogP contribution is 2.64. The number of phosphoric acid groups is 1. The summed E-state index contributed by atoms with van der Waals surface area (Å²) in [4.78, 5) is 42.2. The molecule has 0 aliphatic heterocycles. The Kier molecular flexibility index (Phi) is 4.83. The van der Waals surface area contributed by atoms with E-state index in [4.69, 9.17) is 24.5 Å². The van der Waals surface area contributed by atoms with E-state index in [2.05, 4.69) is 32.2 Å². The van der Waals surface area contributed by atoms with Gasteiger partial charge >= 0.3 is 21.3 Å². The smallest absolute Gasteiger partial charge is 0.324 e. The van der Waals surface area contributed by atoms with Crippen LogP contribution in [0.1, 0.15) is 0 Å². The van der Waals surface area contributed by atoms with E-state index in [9.17, 15) is 4.57 Å². The molecule has 0 saturated heterocycles. The minimum absolute atomic E-state index is 3.57. The van der Waals surface area contributed by atoms with Crippen molar-refractivity contribution in [2.75, 3.05) is 0 Å². The molecule has 0 amide bonds. The SMILES string of the molecule is O=P(O)(OP(O)(O)=S)OP(O)(O)=S. The van der Waals surface area contributed by atoms with Crippen LogP contribution in [0.5, 0.6) is 0 Å². The lowest BCUT2D eigenvalue weighted by Crippen LogP contribution is -1.91. The van der Waals surface area contributed by atoms with Crippen molar-refractivity contribution in [1.82, 2.24) is 0 Å². The first-order valence-corrected chi connectivity index (χ1v) is 9.02. The van der Waals surface area contributed by atoms with E-state index in [0.717, 1.165) is 0 Å². The molecule has 80 valence electrons. The normalized spacial score (nSPS) is 14.5. The van der Waals surface area contributed by atoms with Gasteiger partial charge in [0, 0.05) is 0 Å². The summed E-state index contributed by atoms with van der Waals surface area (Å²) in [5.41, 5.74) is 0. The fourth-order valence-electron chi connectivity index (χ4n) is 0.284. The number of hydrogen-bond donors (Lipinski definition) is 5. The Hall–Kier alpha value is 1.25. The second kappa shape index (κ2) is 4.40. The molecule has 5 N–H and O–H groups in total. The zero-order chi connectivity index (χ0) is 10.9. The van der Waals surface area contributed by atoms with Gasteiger partial charge in [0.1, 0.15) is 0 Å². The average Bonchev–Trinajstić information content (AvgIpc) is 1.43. The van der Waals surface area contributed by atoms with Gasteiger partial charge in [-0.15, -0.1) is 0 Å². The van der Waals surface area contributed by atoms with Gasteiger partial charge in [-0.2, -0.15) is 0 Å². The topological polar surface area (TPSA) is 137 Å². The van der Waals surface area contributed by atoms with Crippen LogP contribution in [0.15, 0.2) is 0 Å². The molecule has 0 aliphatic rings. The van der Waals surface area contributed by atoms with Crippen molar-refractivity contribution >= 4 is 44.9 Å². The van der Waals surface area contributed by atoms with Gasteiger partial charge in [0.05, 0.1) is 0 Å². The first-order valence-electron chi connectivity index (χ1n) is 2.28. The molecule has 0 aromatic carbocycles. The molecule has 0 heterocycles. The highest BCUT2D eigenvalue weighted by Gasteiger charge is 2.34. The molecule has 0 fully saturated rings.